The molecule has 28 heavy (non-hydrogen) atoms. The molecule has 3 aromatic rings. The summed E-state index contributed by atoms with van der Waals surface area (Å²) in [4.78, 5) is 24.9. The zero-order valence-electron chi connectivity index (χ0n) is 15.5. The number of rotatable bonds is 4. The highest BCUT2D eigenvalue weighted by Crippen LogP contribution is 2.29. The maximum atomic E-state index is 12.7. The van der Waals surface area contributed by atoms with Crippen LogP contribution in [0.1, 0.15) is 50.7 Å². The number of fused-ring (bicyclic) bond motifs is 1. The average molecular weight is 370 g/mol. The molecule has 0 saturated carbocycles. The first-order chi connectivity index (χ1) is 13.7. The Labute approximate surface area is 164 Å². The molecule has 1 aliphatic carbocycles. The van der Waals surface area contributed by atoms with Gasteiger partial charge in [-0.2, -0.15) is 0 Å². The molecule has 2 N–H and O–H groups in total. The molecule has 3 aromatic carbocycles. The van der Waals surface area contributed by atoms with E-state index in [9.17, 15) is 9.59 Å². The molecule has 0 aromatic heterocycles. The smallest absolute Gasteiger partial charge is 0.255 e. The molecular formula is C24H22N2O2. The lowest BCUT2D eigenvalue weighted by molar-refractivity contribution is 0.0932. The third-order valence-corrected chi connectivity index (χ3v) is 5.12. The molecule has 4 rings (SSSR count). The molecule has 140 valence electrons. The van der Waals surface area contributed by atoms with E-state index in [1.54, 1.807) is 36.4 Å². The van der Waals surface area contributed by atoms with Crippen molar-refractivity contribution in [2.24, 2.45) is 0 Å². The van der Waals surface area contributed by atoms with Crippen LogP contribution in [0.15, 0.2) is 78.9 Å². The van der Waals surface area contributed by atoms with Crippen LogP contribution in [0.2, 0.25) is 0 Å². The summed E-state index contributed by atoms with van der Waals surface area (Å²) in [6.07, 6.45) is 3.10. The highest BCUT2D eigenvalue weighted by Gasteiger charge is 2.21. The quantitative estimate of drug-likeness (QED) is 0.696. The molecule has 1 unspecified atom stereocenters. The second kappa shape index (κ2) is 8.09. The largest absolute Gasteiger partial charge is 0.345 e. The van der Waals surface area contributed by atoms with Gasteiger partial charge in [0.05, 0.1) is 6.04 Å². The van der Waals surface area contributed by atoms with E-state index in [4.69, 9.17) is 0 Å². The van der Waals surface area contributed by atoms with Gasteiger partial charge in [-0.3, -0.25) is 9.59 Å². The third kappa shape index (κ3) is 3.96. The van der Waals surface area contributed by atoms with Gasteiger partial charge in [0.25, 0.3) is 11.8 Å². The Balaban J connectivity index is 1.42. The van der Waals surface area contributed by atoms with E-state index in [2.05, 4.69) is 22.8 Å². The minimum absolute atomic E-state index is 0.0508. The normalized spacial score (nSPS) is 15.4. The van der Waals surface area contributed by atoms with Crippen molar-refractivity contribution in [1.82, 2.24) is 5.32 Å². The number of benzene rings is 3. The van der Waals surface area contributed by atoms with Crippen LogP contribution in [0.4, 0.5) is 5.69 Å². The second-order valence-corrected chi connectivity index (χ2v) is 7.01. The van der Waals surface area contributed by atoms with E-state index in [1.165, 1.54) is 11.1 Å². The lowest BCUT2D eigenvalue weighted by atomic mass is 9.87. The molecule has 4 heteroatoms. The van der Waals surface area contributed by atoms with E-state index < -0.39 is 0 Å². The molecule has 0 saturated heterocycles. The average Bonchev–Trinajstić information content (AvgIpc) is 2.75. The maximum absolute atomic E-state index is 12.7. The van der Waals surface area contributed by atoms with Crippen molar-refractivity contribution in [3.8, 4) is 0 Å². The fourth-order valence-corrected chi connectivity index (χ4v) is 3.64. The molecule has 2 amide bonds. The molecule has 0 spiro atoms. The molecular weight excluding hydrogens is 348 g/mol. The third-order valence-electron chi connectivity index (χ3n) is 5.12. The Hall–Kier alpha value is -3.40. The summed E-state index contributed by atoms with van der Waals surface area (Å²) in [7, 11) is 0. The molecule has 0 bridgehead atoms. The van der Waals surface area contributed by atoms with Gasteiger partial charge in [0.15, 0.2) is 0 Å². The number of nitrogens with one attached hydrogen (secondary N) is 2. The van der Waals surface area contributed by atoms with Crippen molar-refractivity contribution in [3.63, 3.8) is 0 Å². The number of aryl methyl sites for hydroxylation is 1. The van der Waals surface area contributed by atoms with Crippen LogP contribution in [0.25, 0.3) is 0 Å². The zero-order valence-corrected chi connectivity index (χ0v) is 15.5. The molecule has 1 atom stereocenters. The highest BCUT2D eigenvalue weighted by molar-refractivity contribution is 6.04. The van der Waals surface area contributed by atoms with E-state index in [0.29, 0.717) is 16.8 Å². The number of carbonyl (C=O) groups is 2. The van der Waals surface area contributed by atoms with Crippen LogP contribution in [0.5, 0.6) is 0 Å². The van der Waals surface area contributed by atoms with Crippen molar-refractivity contribution < 1.29 is 9.59 Å². The number of anilines is 1. The molecule has 0 fully saturated rings. The molecule has 0 heterocycles. The number of amides is 2. The van der Waals surface area contributed by atoms with Gasteiger partial charge < -0.3 is 10.6 Å². The summed E-state index contributed by atoms with van der Waals surface area (Å²) in [5.74, 6) is -0.265. The topological polar surface area (TPSA) is 58.2 Å². The predicted octanol–water partition coefficient (Wildman–Crippen LogP) is 4.75. The van der Waals surface area contributed by atoms with Crippen molar-refractivity contribution >= 4 is 17.5 Å². The van der Waals surface area contributed by atoms with Crippen molar-refractivity contribution in [1.29, 1.82) is 0 Å². The minimum atomic E-state index is -0.170. The van der Waals surface area contributed by atoms with Crippen LogP contribution in [0, 0.1) is 0 Å². The van der Waals surface area contributed by atoms with Gasteiger partial charge >= 0.3 is 0 Å². The van der Waals surface area contributed by atoms with Crippen LogP contribution in [-0.2, 0) is 6.42 Å². The molecule has 0 aliphatic heterocycles. The van der Waals surface area contributed by atoms with Gasteiger partial charge in [-0.25, -0.2) is 0 Å². The predicted molar refractivity (Wildman–Crippen MR) is 110 cm³/mol. The summed E-state index contributed by atoms with van der Waals surface area (Å²) < 4.78 is 0. The number of carbonyl (C=O) groups excluding carboxylic acids is 2. The van der Waals surface area contributed by atoms with Crippen LogP contribution < -0.4 is 10.6 Å². The second-order valence-electron chi connectivity index (χ2n) is 7.01. The standard InChI is InChI=1S/C24H22N2O2/c27-23(18-8-2-1-3-9-18)25-20-15-13-19(14-16-20)24(28)26-22-12-6-10-17-7-4-5-11-21(17)22/h1-5,7-9,11,13-16,22H,6,10,12H2,(H,25,27)(H,26,28). The summed E-state index contributed by atoms with van der Waals surface area (Å²) >= 11 is 0. The fourth-order valence-electron chi connectivity index (χ4n) is 3.64. The van der Waals surface area contributed by atoms with Gasteiger partial charge in [0.1, 0.15) is 0 Å². The van der Waals surface area contributed by atoms with Crippen LogP contribution in [0.3, 0.4) is 0 Å². The number of hydrogen-bond acceptors (Lipinski definition) is 2. The first-order valence-electron chi connectivity index (χ1n) is 9.56. The lowest BCUT2D eigenvalue weighted by Crippen LogP contribution is -2.30. The van der Waals surface area contributed by atoms with Gasteiger partial charge in [-0.05, 0) is 66.8 Å². The monoisotopic (exact) mass is 370 g/mol. The summed E-state index contributed by atoms with van der Waals surface area (Å²) in [5.41, 5.74) is 4.38. The molecule has 0 radical (unpaired) electrons. The van der Waals surface area contributed by atoms with Crippen LogP contribution >= 0.6 is 0 Å². The van der Waals surface area contributed by atoms with E-state index >= 15 is 0 Å². The zero-order chi connectivity index (χ0) is 19.3. The Morgan fingerprint density at radius 1 is 0.750 bits per heavy atom. The highest BCUT2D eigenvalue weighted by atomic mass is 16.2. The fraction of sp³-hybridized carbons (Fsp3) is 0.167. The van der Waals surface area contributed by atoms with Gasteiger partial charge in [-0.1, -0.05) is 42.5 Å². The van der Waals surface area contributed by atoms with Crippen molar-refractivity contribution in [2.75, 3.05) is 5.32 Å². The Morgan fingerprint density at radius 3 is 2.21 bits per heavy atom. The van der Waals surface area contributed by atoms with E-state index in [-0.39, 0.29) is 17.9 Å². The van der Waals surface area contributed by atoms with Crippen molar-refractivity contribution in [3.05, 3.63) is 101 Å². The first-order valence-corrected chi connectivity index (χ1v) is 9.56. The Kier molecular flexibility index (Phi) is 5.20. The first kappa shape index (κ1) is 18.0. The molecule has 4 nitrogen and oxygen atoms in total. The van der Waals surface area contributed by atoms with E-state index in [1.807, 2.05) is 30.3 Å². The van der Waals surface area contributed by atoms with Gasteiger partial charge in [0.2, 0.25) is 0 Å². The molecule has 1 aliphatic rings. The van der Waals surface area contributed by atoms with Crippen molar-refractivity contribution in [2.45, 2.75) is 25.3 Å². The van der Waals surface area contributed by atoms with Gasteiger partial charge in [0, 0.05) is 16.8 Å². The lowest BCUT2D eigenvalue weighted by Gasteiger charge is -2.26. The summed E-state index contributed by atoms with van der Waals surface area (Å²) in [6, 6.07) is 24.4. The van der Waals surface area contributed by atoms with Gasteiger partial charge in [-0.15, -0.1) is 0 Å². The summed E-state index contributed by atoms with van der Waals surface area (Å²) in [5, 5.41) is 6.00. The Bertz CT molecular complexity index is 981. The van der Waals surface area contributed by atoms with Crippen LogP contribution in [-0.4, -0.2) is 11.8 Å². The van der Waals surface area contributed by atoms with E-state index in [0.717, 1.165) is 19.3 Å². The minimum Gasteiger partial charge on any atom is -0.345 e. The SMILES string of the molecule is O=C(Nc1ccc(C(=O)NC2CCCc3ccccc32)cc1)c1ccccc1. The maximum Gasteiger partial charge on any atom is 0.255 e. The number of hydrogen-bond donors (Lipinski definition) is 2. The Morgan fingerprint density at radius 2 is 1.43 bits per heavy atom. The summed E-state index contributed by atoms with van der Waals surface area (Å²) in [6.45, 7) is 0.